The minimum Gasteiger partial charge on any atom is -0.340 e. The Hall–Kier alpha value is -2.19. The van der Waals surface area contributed by atoms with Gasteiger partial charge in [0.15, 0.2) is 0 Å². The number of para-hydroxylation sites is 1. The van der Waals surface area contributed by atoms with Crippen molar-refractivity contribution in [3.63, 3.8) is 0 Å². The lowest BCUT2D eigenvalue weighted by Gasteiger charge is -2.27. The summed E-state index contributed by atoms with van der Waals surface area (Å²) in [5.74, 6) is -0.0655. The third-order valence-electron chi connectivity index (χ3n) is 4.76. The first kappa shape index (κ1) is 19.6. The molecule has 1 aliphatic rings. The van der Waals surface area contributed by atoms with E-state index in [0.29, 0.717) is 25.9 Å². The maximum atomic E-state index is 12.9. The first-order valence-corrected chi connectivity index (χ1v) is 10.9. The molecule has 0 aliphatic carbocycles. The molecule has 3 rings (SSSR count). The van der Waals surface area contributed by atoms with Crippen molar-refractivity contribution in [2.75, 3.05) is 19.3 Å². The smallest absolute Gasteiger partial charge is 0.241 e. The molecule has 1 aliphatic heterocycles. The van der Waals surface area contributed by atoms with Crippen LogP contribution in [0.5, 0.6) is 0 Å². The third-order valence-corrected chi connectivity index (χ3v) is 6.84. The lowest BCUT2D eigenvalue weighted by Crippen LogP contribution is -2.46. The summed E-state index contributed by atoms with van der Waals surface area (Å²) in [6, 6.07) is 9.16. The number of carbonyl (C=O) groups excluding carboxylic acids is 1. The number of benzene rings is 1. The van der Waals surface area contributed by atoms with Gasteiger partial charge in [0.1, 0.15) is 6.04 Å². The van der Waals surface area contributed by atoms with E-state index in [4.69, 9.17) is 0 Å². The van der Waals surface area contributed by atoms with Gasteiger partial charge in [-0.2, -0.15) is 9.40 Å². The van der Waals surface area contributed by atoms with Gasteiger partial charge in [0, 0.05) is 31.9 Å². The lowest BCUT2D eigenvalue weighted by molar-refractivity contribution is -0.133. The third kappa shape index (κ3) is 4.39. The molecule has 1 saturated heterocycles. The van der Waals surface area contributed by atoms with Crippen LogP contribution in [0.2, 0.25) is 0 Å². The number of rotatable bonds is 7. The molecule has 0 spiro atoms. The van der Waals surface area contributed by atoms with Gasteiger partial charge in [-0.05, 0) is 31.4 Å². The van der Waals surface area contributed by atoms with E-state index < -0.39 is 16.1 Å². The average molecular weight is 391 g/mol. The van der Waals surface area contributed by atoms with E-state index in [1.165, 1.54) is 4.31 Å². The summed E-state index contributed by atoms with van der Waals surface area (Å²) in [7, 11) is -1.66. The van der Waals surface area contributed by atoms with Crippen LogP contribution < -0.4 is 0 Å². The van der Waals surface area contributed by atoms with E-state index in [2.05, 4.69) is 5.10 Å². The molecule has 0 N–H and O–H groups in total. The molecule has 1 aromatic heterocycles. The Bertz CT molecular complexity index is 879. The fourth-order valence-corrected chi connectivity index (χ4v) is 5.21. The summed E-state index contributed by atoms with van der Waals surface area (Å²) in [6.07, 6.45) is 5.47. The van der Waals surface area contributed by atoms with Gasteiger partial charge in [-0.25, -0.2) is 13.1 Å². The molecule has 1 fully saturated rings. The predicted octanol–water partition coefficient (Wildman–Crippen LogP) is 2.03. The molecule has 2 heterocycles. The molecule has 0 radical (unpaired) electrons. The highest BCUT2D eigenvalue weighted by Crippen LogP contribution is 2.24. The van der Waals surface area contributed by atoms with E-state index in [-0.39, 0.29) is 11.7 Å². The second kappa shape index (κ2) is 8.22. The first-order valence-electron chi connectivity index (χ1n) is 9.26. The summed E-state index contributed by atoms with van der Waals surface area (Å²) < 4.78 is 28.0. The van der Waals surface area contributed by atoms with Crippen LogP contribution in [0, 0.1) is 0 Å². The second-order valence-corrected chi connectivity index (χ2v) is 8.95. The number of sulfonamides is 1. The van der Waals surface area contributed by atoms with Crippen LogP contribution in [0.25, 0.3) is 5.69 Å². The SMILES string of the molecule is CCCS(=O)(=O)N1CCC[C@@H]1C(=O)N(C)Cc1cnn(-c2ccccc2)c1. The monoisotopic (exact) mass is 390 g/mol. The first-order chi connectivity index (χ1) is 12.9. The van der Waals surface area contributed by atoms with E-state index in [0.717, 1.165) is 17.7 Å². The van der Waals surface area contributed by atoms with Crippen molar-refractivity contribution < 1.29 is 13.2 Å². The van der Waals surface area contributed by atoms with Gasteiger partial charge in [-0.15, -0.1) is 0 Å². The maximum absolute atomic E-state index is 12.9. The van der Waals surface area contributed by atoms with Gasteiger partial charge in [0.2, 0.25) is 15.9 Å². The Labute approximate surface area is 160 Å². The van der Waals surface area contributed by atoms with Crippen molar-refractivity contribution in [1.82, 2.24) is 19.0 Å². The van der Waals surface area contributed by atoms with Crippen LogP contribution in [0.1, 0.15) is 31.7 Å². The number of nitrogens with zero attached hydrogens (tertiary/aromatic N) is 4. The summed E-state index contributed by atoms with van der Waals surface area (Å²) in [5, 5.41) is 4.35. The molecule has 1 aromatic carbocycles. The molecule has 1 atom stereocenters. The van der Waals surface area contributed by atoms with E-state index in [9.17, 15) is 13.2 Å². The minimum atomic E-state index is -3.37. The normalized spacial score (nSPS) is 17.9. The quantitative estimate of drug-likeness (QED) is 0.725. The van der Waals surface area contributed by atoms with Crippen LogP contribution in [0.3, 0.4) is 0 Å². The van der Waals surface area contributed by atoms with Crippen molar-refractivity contribution in [3.8, 4) is 5.69 Å². The topological polar surface area (TPSA) is 75.5 Å². The molecule has 1 amide bonds. The van der Waals surface area contributed by atoms with E-state index >= 15 is 0 Å². The number of aromatic nitrogens is 2. The molecule has 2 aromatic rings. The molecule has 27 heavy (non-hydrogen) atoms. The van der Waals surface area contributed by atoms with Gasteiger partial charge in [-0.3, -0.25) is 4.79 Å². The second-order valence-electron chi connectivity index (χ2n) is 6.91. The van der Waals surface area contributed by atoms with Crippen molar-refractivity contribution >= 4 is 15.9 Å². The van der Waals surface area contributed by atoms with Gasteiger partial charge in [-0.1, -0.05) is 25.1 Å². The standard InChI is InChI=1S/C19H26N4O3S/c1-3-12-27(25,26)23-11-7-10-18(23)19(24)21(2)14-16-13-20-22(15-16)17-8-5-4-6-9-17/h4-6,8-9,13,15,18H,3,7,10-12,14H2,1-2H3/t18-/m1/s1. The highest BCUT2D eigenvalue weighted by Gasteiger charge is 2.39. The number of hydrogen-bond donors (Lipinski definition) is 0. The Morgan fingerprint density at radius 1 is 1.30 bits per heavy atom. The highest BCUT2D eigenvalue weighted by molar-refractivity contribution is 7.89. The Kier molecular flexibility index (Phi) is 5.96. The molecule has 0 unspecified atom stereocenters. The summed E-state index contributed by atoms with van der Waals surface area (Å²) >= 11 is 0. The fraction of sp³-hybridized carbons (Fsp3) is 0.474. The number of amides is 1. The molecule has 0 bridgehead atoms. The van der Waals surface area contributed by atoms with Crippen LogP contribution in [-0.2, 0) is 21.4 Å². The van der Waals surface area contributed by atoms with Gasteiger partial charge in [0.25, 0.3) is 0 Å². The zero-order valence-corrected chi connectivity index (χ0v) is 16.6. The zero-order chi connectivity index (χ0) is 19.4. The molecular formula is C19H26N4O3S. The Morgan fingerprint density at radius 2 is 2.04 bits per heavy atom. The van der Waals surface area contributed by atoms with Crippen LogP contribution in [0.15, 0.2) is 42.7 Å². The van der Waals surface area contributed by atoms with Crippen molar-refractivity contribution in [3.05, 3.63) is 48.3 Å². The summed E-state index contributed by atoms with van der Waals surface area (Å²) in [6.45, 7) is 2.66. The van der Waals surface area contributed by atoms with Crippen molar-refractivity contribution in [2.45, 2.75) is 38.8 Å². The van der Waals surface area contributed by atoms with Crippen molar-refractivity contribution in [2.24, 2.45) is 0 Å². The number of carbonyl (C=O) groups is 1. The highest BCUT2D eigenvalue weighted by atomic mass is 32.2. The molecular weight excluding hydrogens is 364 g/mol. The van der Waals surface area contributed by atoms with E-state index in [1.54, 1.807) is 22.8 Å². The summed E-state index contributed by atoms with van der Waals surface area (Å²) in [5.41, 5.74) is 1.85. The summed E-state index contributed by atoms with van der Waals surface area (Å²) in [4.78, 5) is 14.5. The maximum Gasteiger partial charge on any atom is 0.241 e. The lowest BCUT2D eigenvalue weighted by atomic mass is 10.2. The van der Waals surface area contributed by atoms with Crippen LogP contribution in [-0.4, -0.2) is 58.7 Å². The number of likely N-dealkylation sites (N-methyl/N-ethyl adjacent to an activating group) is 1. The molecule has 0 saturated carbocycles. The minimum absolute atomic E-state index is 0.0876. The van der Waals surface area contributed by atoms with Crippen LogP contribution >= 0.6 is 0 Å². The predicted molar refractivity (Wildman–Crippen MR) is 104 cm³/mol. The average Bonchev–Trinajstić information content (AvgIpc) is 3.31. The van der Waals surface area contributed by atoms with Gasteiger partial charge in [0.05, 0.1) is 17.6 Å². The molecule has 8 heteroatoms. The number of hydrogen-bond acceptors (Lipinski definition) is 4. The molecule has 7 nitrogen and oxygen atoms in total. The Morgan fingerprint density at radius 3 is 2.74 bits per heavy atom. The Balaban J connectivity index is 1.68. The van der Waals surface area contributed by atoms with Gasteiger partial charge >= 0.3 is 0 Å². The van der Waals surface area contributed by atoms with E-state index in [1.807, 2.05) is 43.5 Å². The van der Waals surface area contributed by atoms with Crippen molar-refractivity contribution in [1.29, 1.82) is 0 Å². The molecule has 146 valence electrons. The van der Waals surface area contributed by atoms with Crippen LogP contribution in [0.4, 0.5) is 0 Å². The van der Waals surface area contributed by atoms with Gasteiger partial charge < -0.3 is 4.90 Å². The fourth-order valence-electron chi connectivity index (χ4n) is 3.46. The zero-order valence-electron chi connectivity index (χ0n) is 15.8. The largest absolute Gasteiger partial charge is 0.340 e.